The molecular formula is C14H12N4O4. The number of aromatic nitrogens is 4. The molecule has 2 aromatic heterocycles. The second-order valence-corrected chi connectivity index (χ2v) is 4.85. The lowest BCUT2D eigenvalue weighted by atomic mass is 10.1. The summed E-state index contributed by atoms with van der Waals surface area (Å²) in [4.78, 5) is 29.7. The lowest BCUT2D eigenvalue weighted by Gasteiger charge is -2.05. The largest absolute Gasteiger partial charge is 0.511 e. The Morgan fingerprint density at radius 1 is 1.36 bits per heavy atom. The summed E-state index contributed by atoms with van der Waals surface area (Å²) in [6.45, 7) is 3.76. The Labute approximate surface area is 124 Å². The molecule has 22 heavy (non-hydrogen) atoms. The Morgan fingerprint density at radius 2 is 2.14 bits per heavy atom. The first kappa shape index (κ1) is 13.8. The van der Waals surface area contributed by atoms with E-state index in [1.54, 1.807) is 6.07 Å². The van der Waals surface area contributed by atoms with Crippen LogP contribution in [-0.2, 0) is 0 Å². The summed E-state index contributed by atoms with van der Waals surface area (Å²) >= 11 is 0. The van der Waals surface area contributed by atoms with Crippen molar-refractivity contribution in [2.75, 3.05) is 0 Å². The molecule has 0 saturated carbocycles. The Hall–Kier alpha value is -3.16. The molecule has 0 bridgehead atoms. The fourth-order valence-corrected chi connectivity index (χ4v) is 2.32. The zero-order chi connectivity index (χ0) is 15.9. The molecule has 2 N–H and O–H groups in total. The van der Waals surface area contributed by atoms with E-state index in [4.69, 9.17) is 5.11 Å². The van der Waals surface area contributed by atoms with Crippen molar-refractivity contribution in [1.29, 1.82) is 0 Å². The minimum Gasteiger partial charge on any atom is -0.449 e. The van der Waals surface area contributed by atoms with Crippen molar-refractivity contribution in [3.8, 4) is 11.7 Å². The van der Waals surface area contributed by atoms with Crippen molar-refractivity contribution in [3.05, 3.63) is 46.0 Å². The van der Waals surface area contributed by atoms with Gasteiger partial charge in [-0.25, -0.2) is 14.5 Å². The van der Waals surface area contributed by atoms with Gasteiger partial charge < -0.3 is 9.84 Å². The first-order valence-electron chi connectivity index (χ1n) is 6.41. The summed E-state index contributed by atoms with van der Waals surface area (Å²) in [6, 6.07) is 3.71. The number of hydrogen-bond donors (Lipinski definition) is 2. The normalized spacial score (nSPS) is 10.8. The number of carboxylic acid groups (broad SMARTS) is 1. The van der Waals surface area contributed by atoms with Crippen LogP contribution in [0.4, 0.5) is 4.79 Å². The number of hydrogen-bond acceptors (Lipinski definition) is 5. The molecule has 0 aliphatic heterocycles. The maximum absolute atomic E-state index is 12.2. The minimum absolute atomic E-state index is 0.0377. The maximum atomic E-state index is 12.2. The third-order valence-corrected chi connectivity index (χ3v) is 3.12. The smallest absolute Gasteiger partial charge is 0.449 e. The topological polar surface area (TPSA) is 110 Å². The highest BCUT2D eigenvalue weighted by molar-refractivity contribution is 5.82. The van der Waals surface area contributed by atoms with Crippen LogP contribution < -0.4 is 10.3 Å². The molecule has 1 aromatic carbocycles. The molecular weight excluding hydrogens is 288 g/mol. The van der Waals surface area contributed by atoms with Gasteiger partial charge in [0.25, 0.3) is 5.56 Å². The molecule has 0 aliphatic rings. The molecule has 0 amide bonds. The molecule has 3 aromatic rings. The van der Waals surface area contributed by atoms with Gasteiger partial charge in [-0.1, -0.05) is 6.07 Å². The zero-order valence-corrected chi connectivity index (χ0v) is 11.8. The lowest BCUT2D eigenvalue weighted by Crippen LogP contribution is -2.15. The van der Waals surface area contributed by atoms with Crippen LogP contribution in [0.25, 0.3) is 16.9 Å². The van der Waals surface area contributed by atoms with Gasteiger partial charge in [0.2, 0.25) is 5.95 Å². The predicted octanol–water partition coefficient (Wildman–Crippen LogP) is 1.78. The number of rotatable bonds is 2. The molecule has 112 valence electrons. The minimum atomic E-state index is -1.44. The van der Waals surface area contributed by atoms with Crippen molar-refractivity contribution < 1.29 is 14.6 Å². The Morgan fingerprint density at radius 3 is 2.86 bits per heavy atom. The SMILES string of the molecule is Cc1cc(C)c2c(=O)[nH]c(-n3cc(OC(=O)O)cn3)nc2c1. The van der Waals surface area contributed by atoms with Crippen molar-refractivity contribution in [1.82, 2.24) is 19.7 Å². The van der Waals surface area contributed by atoms with E-state index in [9.17, 15) is 9.59 Å². The summed E-state index contributed by atoms with van der Waals surface area (Å²) < 4.78 is 5.73. The van der Waals surface area contributed by atoms with Crippen molar-refractivity contribution in [2.45, 2.75) is 13.8 Å². The monoisotopic (exact) mass is 300 g/mol. The summed E-state index contributed by atoms with van der Waals surface area (Å²) in [7, 11) is 0. The second kappa shape index (κ2) is 4.99. The van der Waals surface area contributed by atoms with Gasteiger partial charge in [-0.05, 0) is 31.0 Å². The van der Waals surface area contributed by atoms with Crippen molar-refractivity contribution in [3.63, 3.8) is 0 Å². The second-order valence-electron chi connectivity index (χ2n) is 4.85. The molecule has 0 radical (unpaired) electrons. The standard InChI is InChI=1S/C14H12N4O4/c1-7-3-8(2)11-10(4-7)16-13(17-12(11)19)18-6-9(5-15-18)22-14(20)21/h3-6H,1-2H3,(H,20,21)(H,16,17,19). The van der Waals surface area contributed by atoms with E-state index in [-0.39, 0.29) is 17.3 Å². The fraction of sp³-hybridized carbons (Fsp3) is 0.143. The lowest BCUT2D eigenvalue weighted by molar-refractivity contribution is 0.144. The molecule has 8 nitrogen and oxygen atoms in total. The van der Waals surface area contributed by atoms with E-state index in [1.165, 1.54) is 17.1 Å². The molecule has 2 heterocycles. The van der Waals surface area contributed by atoms with E-state index in [1.807, 2.05) is 19.9 Å². The first-order chi connectivity index (χ1) is 10.4. The zero-order valence-electron chi connectivity index (χ0n) is 11.8. The summed E-state index contributed by atoms with van der Waals surface area (Å²) in [6.07, 6.45) is 1.10. The van der Waals surface area contributed by atoms with Crippen LogP contribution in [-0.4, -0.2) is 31.0 Å². The number of benzene rings is 1. The summed E-state index contributed by atoms with van der Waals surface area (Å²) in [5.41, 5.74) is 2.09. The van der Waals surface area contributed by atoms with E-state index in [0.29, 0.717) is 10.9 Å². The van der Waals surface area contributed by atoms with E-state index < -0.39 is 6.16 Å². The molecule has 8 heteroatoms. The Kier molecular flexibility index (Phi) is 3.13. The Bertz CT molecular complexity index is 942. The van der Waals surface area contributed by atoms with Crippen molar-refractivity contribution in [2.24, 2.45) is 0 Å². The molecule has 0 saturated heterocycles. The number of fused-ring (bicyclic) bond motifs is 1. The van der Waals surface area contributed by atoms with Crippen molar-refractivity contribution >= 4 is 17.1 Å². The predicted molar refractivity (Wildman–Crippen MR) is 77.6 cm³/mol. The number of nitrogens with one attached hydrogen (secondary N) is 1. The van der Waals surface area contributed by atoms with Gasteiger partial charge in [0.15, 0.2) is 5.75 Å². The Balaban J connectivity index is 2.14. The number of aromatic amines is 1. The fourth-order valence-electron chi connectivity index (χ4n) is 2.32. The van der Waals surface area contributed by atoms with Crippen LogP contribution >= 0.6 is 0 Å². The molecule has 0 aliphatic carbocycles. The average Bonchev–Trinajstić information content (AvgIpc) is 2.84. The van der Waals surface area contributed by atoms with Crippen LogP contribution in [0.15, 0.2) is 29.3 Å². The van der Waals surface area contributed by atoms with E-state index >= 15 is 0 Å². The van der Waals surface area contributed by atoms with Crippen LogP contribution in [0.5, 0.6) is 5.75 Å². The van der Waals surface area contributed by atoms with Gasteiger partial charge in [-0.2, -0.15) is 5.10 Å². The molecule has 0 spiro atoms. The van der Waals surface area contributed by atoms with E-state index in [2.05, 4.69) is 19.8 Å². The van der Waals surface area contributed by atoms with Gasteiger partial charge >= 0.3 is 6.16 Å². The van der Waals surface area contributed by atoms with Crippen LogP contribution in [0.2, 0.25) is 0 Å². The number of H-pyrrole nitrogens is 1. The maximum Gasteiger partial charge on any atom is 0.511 e. The number of aryl methyl sites for hydroxylation is 2. The highest BCUT2D eigenvalue weighted by Gasteiger charge is 2.11. The van der Waals surface area contributed by atoms with Gasteiger partial charge in [0, 0.05) is 0 Å². The van der Waals surface area contributed by atoms with Gasteiger partial charge in [-0.3, -0.25) is 9.78 Å². The molecule has 3 rings (SSSR count). The highest BCUT2D eigenvalue weighted by Crippen LogP contribution is 2.17. The quantitative estimate of drug-likeness (QED) is 0.698. The molecule has 0 atom stereocenters. The van der Waals surface area contributed by atoms with Gasteiger partial charge in [0.1, 0.15) is 0 Å². The van der Waals surface area contributed by atoms with Gasteiger partial charge in [-0.15, -0.1) is 0 Å². The summed E-state index contributed by atoms with van der Waals surface area (Å²) in [5, 5.41) is 13.0. The van der Waals surface area contributed by atoms with Gasteiger partial charge in [0.05, 0.1) is 23.3 Å². The third kappa shape index (κ3) is 2.41. The van der Waals surface area contributed by atoms with Crippen LogP contribution in [0.3, 0.4) is 0 Å². The summed E-state index contributed by atoms with van der Waals surface area (Å²) in [5.74, 6) is 0.221. The molecule has 0 fully saturated rings. The third-order valence-electron chi connectivity index (χ3n) is 3.12. The average molecular weight is 300 g/mol. The highest BCUT2D eigenvalue weighted by atomic mass is 16.7. The number of ether oxygens (including phenoxy) is 1. The van der Waals surface area contributed by atoms with Crippen LogP contribution in [0, 0.1) is 13.8 Å². The first-order valence-corrected chi connectivity index (χ1v) is 6.41. The molecule has 0 unspecified atom stereocenters. The van der Waals surface area contributed by atoms with Crippen LogP contribution in [0.1, 0.15) is 11.1 Å². The number of nitrogens with zero attached hydrogens (tertiary/aromatic N) is 3. The van der Waals surface area contributed by atoms with E-state index in [0.717, 1.165) is 11.1 Å². The number of carbonyl (C=O) groups is 1.